The molecule has 6 N–H and O–H groups in total. The van der Waals surface area contributed by atoms with Gasteiger partial charge in [0.1, 0.15) is 17.1 Å². The number of aromatic nitrogens is 3. The standard InChI is InChI=1S/C29H35ClN6O4/c1-40-22-11-16(15-6-8-36(9-7-15)13-19(38)14-37)4-5-20(22)28-34-26-25(21(30)12-32-29(26)35-28)33-24-18-3-2-17(10-18)23(24)27(31)39/h2-5,11-12,15,17-19,23-24,37-38H,6-10,13-14H2,1H3,(H2,31,39)(H2,32,33,34,35)/t17?,18-,19+,23-,24+/m0/s1. The lowest BCUT2D eigenvalue weighted by molar-refractivity contribution is -0.122. The van der Waals surface area contributed by atoms with Gasteiger partial charge in [-0.05, 0) is 67.8 Å². The molecule has 2 aliphatic carbocycles. The number of carbonyl (C=O) groups is 1. The van der Waals surface area contributed by atoms with Gasteiger partial charge in [0, 0.05) is 12.6 Å². The van der Waals surface area contributed by atoms with Gasteiger partial charge in [-0.3, -0.25) is 4.79 Å². The van der Waals surface area contributed by atoms with Crippen molar-refractivity contribution in [2.45, 2.75) is 37.3 Å². The van der Waals surface area contributed by atoms with Gasteiger partial charge in [-0.15, -0.1) is 0 Å². The minimum Gasteiger partial charge on any atom is -0.496 e. The molecule has 1 saturated heterocycles. The summed E-state index contributed by atoms with van der Waals surface area (Å²) in [5.74, 6) is 1.46. The van der Waals surface area contributed by atoms with E-state index in [0.29, 0.717) is 45.9 Å². The molecule has 3 heterocycles. The second-order valence-corrected chi connectivity index (χ2v) is 11.6. The van der Waals surface area contributed by atoms with Crippen LogP contribution in [0.2, 0.25) is 5.02 Å². The molecule has 2 fully saturated rings. The maximum atomic E-state index is 12.3. The molecule has 10 nitrogen and oxygen atoms in total. The fourth-order valence-electron chi connectivity index (χ4n) is 6.74. The summed E-state index contributed by atoms with van der Waals surface area (Å²) < 4.78 is 5.80. The van der Waals surface area contributed by atoms with E-state index in [1.807, 2.05) is 6.07 Å². The molecule has 3 aromatic rings. The minimum atomic E-state index is -0.700. The van der Waals surface area contributed by atoms with Gasteiger partial charge in [0.25, 0.3) is 0 Å². The topological polar surface area (TPSA) is 150 Å². The van der Waals surface area contributed by atoms with E-state index in [1.165, 1.54) is 5.56 Å². The van der Waals surface area contributed by atoms with Crippen molar-refractivity contribution in [3.63, 3.8) is 0 Å². The van der Waals surface area contributed by atoms with Crippen molar-refractivity contribution in [3.8, 4) is 17.1 Å². The predicted molar refractivity (Wildman–Crippen MR) is 153 cm³/mol. The number of H-pyrrole nitrogens is 1. The molecule has 1 aliphatic heterocycles. The Bertz CT molecular complexity index is 1440. The number of primary amides is 1. The first-order chi connectivity index (χ1) is 19.4. The highest BCUT2D eigenvalue weighted by molar-refractivity contribution is 6.34. The Labute approximate surface area is 237 Å². The number of allylic oxidation sites excluding steroid dienone is 1. The van der Waals surface area contributed by atoms with Gasteiger partial charge in [-0.25, -0.2) is 9.97 Å². The lowest BCUT2D eigenvalue weighted by Crippen LogP contribution is -2.41. The molecular weight excluding hydrogens is 532 g/mol. The van der Waals surface area contributed by atoms with Crippen molar-refractivity contribution in [1.29, 1.82) is 0 Å². The van der Waals surface area contributed by atoms with E-state index >= 15 is 0 Å². The first-order valence-corrected chi connectivity index (χ1v) is 14.2. The Morgan fingerprint density at radius 1 is 1.30 bits per heavy atom. The number of nitrogens with zero attached hydrogens (tertiary/aromatic N) is 3. The molecule has 1 amide bonds. The third-order valence-electron chi connectivity index (χ3n) is 8.79. The Morgan fingerprint density at radius 3 is 2.80 bits per heavy atom. The number of methoxy groups -OCH3 is 1. The largest absolute Gasteiger partial charge is 0.496 e. The highest BCUT2D eigenvalue weighted by Crippen LogP contribution is 2.46. The average Bonchev–Trinajstić information content (AvgIpc) is 3.69. The van der Waals surface area contributed by atoms with Crippen molar-refractivity contribution in [2.75, 3.05) is 38.7 Å². The van der Waals surface area contributed by atoms with Crippen molar-refractivity contribution in [1.82, 2.24) is 19.9 Å². The first-order valence-electron chi connectivity index (χ1n) is 13.8. The van der Waals surface area contributed by atoms with Crippen LogP contribution in [0.1, 0.15) is 30.7 Å². The number of β-amino-alcohol motifs (C(OH)–C–C–N with tert-alkyl or cyclic N) is 1. The molecule has 0 spiro atoms. The molecule has 40 heavy (non-hydrogen) atoms. The molecular formula is C29H35ClN6O4. The van der Waals surface area contributed by atoms with Crippen LogP contribution in [0.4, 0.5) is 5.69 Å². The number of nitrogens with one attached hydrogen (secondary N) is 2. The van der Waals surface area contributed by atoms with E-state index in [-0.39, 0.29) is 36.3 Å². The molecule has 1 saturated carbocycles. The summed E-state index contributed by atoms with van der Waals surface area (Å²) >= 11 is 6.62. The zero-order valence-electron chi connectivity index (χ0n) is 22.4. The Kier molecular flexibility index (Phi) is 7.43. The first kappa shape index (κ1) is 27.0. The number of aromatic amines is 1. The van der Waals surface area contributed by atoms with E-state index in [9.17, 15) is 9.90 Å². The zero-order valence-corrected chi connectivity index (χ0v) is 23.1. The Hall–Kier alpha value is -3.18. The normalized spacial score (nSPS) is 25.5. The molecule has 6 rings (SSSR count). The van der Waals surface area contributed by atoms with Crippen LogP contribution in [-0.4, -0.2) is 81.5 Å². The molecule has 2 aromatic heterocycles. The van der Waals surface area contributed by atoms with Crippen molar-refractivity contribution < 1.29 is 19.7 Å². The quantitative estimate of drug-likeness (QED) is 0.248. The van der Waals surface area contributed by atoms with Gasteiger partial charge in [0.15, 0.2) is 5.65 Å². The zero-order chi connectivity index (χ0) is 28.0. The maximum absolute atomic E-state index is 12.3. The van der Waals surface area contributed by atoms with Crippen LogP contribution in [0.5, 0.6) is 5.75 Å². The van der Waals surface area contributed by atoms with E-state index in [0.717, 1.165) is 37.9 Å². The Morgan fingerprint density at radius 2 is 2.08 bits per heavy atom. The second-order valence-electron chi connectivity index (χ2n) is 11.2. The van der Waals surface area contributed by atoms with Gasteiger partial charge < -0.3 is 35.9 Å². The van der Waals surface area contributed by atoms with E-state index < -0.39 is 6.10 Å². The van der Waals surface area contributed by atoms with Crippen LogP contribution in [0.15, 0.2) is 36.5 Å². The van der Waals surface area contributed by atoms with E-state index in [2.05, 4.69) is 44.5 Å². The minimum absolute atomic E-state index is 0.144. The maximum Gasteiger partial charge on any atom is 0.223 e. The summed E-state index contributed by atoms with van der Waals surface area (Å²) in [6.45, 7) is 2.01. The van der Waals surface area contributed by atoms with Gasteiger partial charge in [-0.1, -0.05) is 29.8 Å². The van der Waals surface area contributed by atoms with Crippen LogP contribution in [0, 0.1) is 17.8 Å². The molecule has 2 bridgehead atoms. The number of ether oxygens (including phenoxy) is 1. The van der Waals surface area contributed by atoms with Crippen LogP contribution < -0.4 is 15.8 Å². The van der Waals surface area contributed by atoms with Crippen molar-refractivity contribution in [3.05, 3.63) is 47.1 Å². The van der Waals surface area contributed by atoms with Gasteiger partial charge in [0.05, 0.1) is 48.2 Å². The summed E-state index contributed by atoms with van der Waals surface area (Å²) in [4.78, 5) is 27.1. The number of rotatable bonds is 9. The summed E-state index contributed by atoms with van der Waals surface area (Å²) in [6, 6.07) is 6.07. The number of aliphatic hydroxyl groups excluding tert-OH is 2. The van der Waals surface area contributed by atoms with E-state index in [1.54, 1.807) is 13.3 Å². The summed E-state index contributed by atoms with van der Waals surface area (Å²) in [6.07, 6.45) is 7.96. The fourth-order valence-corrected chi connectivity index (χ4v) is 6.94. The van der Waals surface area contributed by atoms with Crippen LogP contribution in [-0.2, 0) is 4.79 Å². The fraction of sp³-hybridized carbons (Fsp3) is 0.483. The molecule has 3 aliphatic rings. The Balaban J connectivity index is 1.25. The number of likely N-dealkylation sites (tertiary alicyclic amines) is 1. The molecule has 11 heteroatoms. The number of benzene rings is 1. The van der Waals surface area contributed by atoms with Gasteiger partial charge in [-0.2, -0.15) is 0 Å². The lowest BCUT2D eigenvalue weighted by Gasteiger charge is -2.33. The number of aliphatic hydroxyl groups is 2. The number of nitrogens with two attached hydrogens (primary N) is 1. The van der Waals surface area contributed by atoms with Crippen LogP contribution in [0.25, 0.3) is 22.6 Å². The van der Waals surface area contributed by atoms with Crippen LogP contribution in [0.3, 0.4) is 0 Å². The number of halogens is 1. The number of amides is 1. The summed E-state index contributed by atoms with van der Waals surface area (Å²) in [5.41, 5.74) is 9.63. The number of imidazole rings is 1. The smallest absolute Gasteiger partial charge is 0.223 e. The monoisotopic (exact) mass is 566 g/mol. The summed E-state index contributed by atoms with van der Waals surface area (Å²) in [7, 11) is 1.65. The lowest BCUT2D eigenvalue weighted by atomic mass is 9.88. The summed E-state index contributed by atoms with van der Waals surface area (Å²) in [5, 5.41) is 22.9. The predicted octanol–water partition coefficient (Wildman–Crippen LogP) is 2.91. The second kappa shape index (κ2) is 11.0. The van der Waals surface area contributed by atoms with Crippen molar-refractivity contribution >= 4 is 34.4 Å². The van der Waals surface area contributed by atoms with Crippen molar-refractivity contribution in [2.24, 2.45) is 23.5 Å². The highest BCUT2D eigenvalue weighted by atomic mass is 35.5. The number of anilines is 1. The van der Waals surface area contributed by atoms with Gasteiger partial charge >= 0.3 is 0 Å². The number of carbonyl (C=O) groups excluding carboxylic acids is 1. The molecule has 5 atom stereocenters. The molecule has 1 unspecified atom stereocenters. The average molecular weight is 567 g/mol. The number of hydrogen-bond donors (Lipinski definition) is 5. The van der Waals surface area contributed by atoms with E-state index in [4.69, 9.17) is 32.2 Å². The number of hydrogen-bond acceptors (Lipinski definition) is 8. The van der Waals surface area contributed by atoms with Crippen LogP contribution >= 0.6 is 11.6 Å². The molecule has 212 valence electrons. The third kappa shape index (κ3) is 4.94. The number of piperidine rings is 1. The number of fused-ring (bicyclic) bond motifs is 3. The third-order valence-corrected chi connectivity index (χ3v) is 9.08. The number of pyridine rings is 1. The SMILES string of the molecule is COc1cc(C2CCN(C[C@@H](O)CO)CC2)ccc1-c1nc2ncc(Cl)c(N[C@@H]3[C@H]4C=CC(C4)[C@@H]3C(N)=O)c2[nH]1. The molecule has 1 aromatic carbocycles. The molecule has 0 radical (unpaired) electrons. The highest BCUT2D eigenvalue weighted by Gasteiger charge is 2.47. The van der Waals surface area contributed by atoms with Gasteiger partial charge in [0.2, 0.25) is 5.91 Å².